The molecule has 1 fully saturated rings. The summed E-state index contributed by atoms with van der Waals surface area (Å²) in [4.78, 5) is 52.9. The average molecular weight is 567 g/mol. The number of H-pyrrole nitrogens is 2. The zero-order chi connectivity index (χ0) is 29.1. The fourth-order valence-corrected chi connectivity index (χ4v) is 4.59. The first-order valence-electron chi connectivity index (χ1n) is 13.4. The summed E-state index contributed by atoms with van der Waals surface area (Å²) in [5.74, 6) is -1.45. The number of nitrogens with zero attached hydrogens (tertiary/aromatic N) is 2. The second kappa shape index (κ2) is 11.2. The number of aromatic nitrogens is 4. The Bertz CT molecular complexity index is 1740. The number of fused-ring (bicyclic) bond motifs is 1. The van der Waals surface area contributed by atoms with Gasteiger partial charge >= 0.3 is 0 Å². The summed E-state index contributed by atoms with van der Waals surface area (Å²) in [6, 6.07) is 16.0. The van der Waals surface area contributed by atoms with Crippen molar-refractivity contribution < 1.29 is 18.8 Å². The normalized spacial score (nSPS) is 13.4. The van der Waals surface area contributed by atoms with Crippen LogP contribution >= 0.6 is 0 Å². The molecule has 0 atom stereocenters. The quantitative estimate of drug-likeness (QED) is 0.137. The number of hydrogen-bond acceptors (Lipinski definition) is 6. The minimum atomic E-state index is -1.15. The highest BCUT2D eigenvalue weighted by Crippen LogP contribution is 2.47. The van der Waals surface area contributed by atoms with Crippen molar-refractivity contribution in [1.29, 1.82) is 0 Å². The van der Waals surface area contributed by atoms with Gasteiger partial charge < -0.3 is 31.2 Å². The molecule has 0 bridgehead atoms. The van der Waals surface area contributed by atoms with Gasteiger partial charge in [-0.25, -0.2) is 14.4 Å². The van der Waals surface area contributed by atoms with Gasteiger partial charge in [-0.05, 0) is 73.5 Å². The number of anilines is 4. The molecule has 11 nitrogen and oxygen atoms in total. The topological polar surface area (TPSA) is 157 Å². The molecule has 212 valence electrons. The van der Waals surface area contributed by atoms with E-state index < -0.39 is 17.1 Å². The predicted octanol–water partition coefficient (Wildman–Crippen LogP) is 4.50. The number of halogens is 1. The van der Waals surface area contributed by atoms with Crippen molar-refractivity contribution in [2.24, 2.45) is 5.41 Å². The minimum absolute atomic E-state index is 0.241. The van der Waals surface area contributed by atoms with Crippen molar-refractivity contribution in [2.45, 2.75) is 19.3 Å². The van der Waals surface area contributed by atoms with Crippen molar-refractivity contribution in [3.8, 4) is 0 Å². The molecule has 1 aliphatic carbocycles. The van der Waals surface area contributed by atoms with Gasteiger partial charge in [-0.2, -0.15) is 0 Å². The summed E-state index contributed by atoms with van der Waals surface area (Å²) < 4.78 is 13.2. The van der Waals surface area contributed by atoms with Gasteiger partial charge in [-0.3, -0.25) is 14.4 Å². The third-order valence-corrected chi connectivity index (χ3v) is 7.14. The zero-order valence-corrected chi connectivity index (χ0v) is 22.3. The van der Waals surface area contributed by atoms with Crippen LogP contribution in [0.4, 0.5) is 27.1 Å². The highest BCUT2D eigenvalue weighted by atomic mass is 19.1. The summed E-state index contributed by atoms with van der Waals surface area (Å²) >= 11 is 0. The smallest absolute Gasteiger partial charge is 0.267 e. The zero-order valence-electron chi connectivity index (χ0n) is 22.3. The number of benzene rings is 2. The van der Waals surface area contributed by atoms with Gasteiger partial charge in [0.2, 0.25) is 11.8 Å². The first kappa shape index (κ1) is 26.7. The lowest BCUT2D eigenvalue weighted by atomic mass is 10.0. The van der Waals surface area contributed by atoms with Gasteiger partial charge in [0.1, 0.15) is 22.6 Å². The molecule has 0 saturated heterocycles. The first-order valence-corrected chi connectivity index (χ1v) is 13.4. The van der Waals surface area contributed by atoms with E-state index >= 15 is 0 Å². The molecular formula is C30H27FN8O3. The van der Waals surface area contributed by atoms with Gasteiger partial charge in [0.05, 0.1) is 17.7 Å². The van der Waals surface area contributed by atoms with E-state index in [0.29, 0.717) is 48.5 Å². The molecule has 0 unspecified atom stereocenters. The van der Waals surface area contributed by atoms with Crippen LogP contribution in [0, 0.1) is 11.2 Å². The predicted molar refractivity (Wildman–Crippen MR) is 156 cm³/mol. The Morgan fingerprint density at radius 3 is 2.19 bits per heavy atom. The number of imidazole rings is 1. The maximum Gasteiger partial charge on any atom is 0.267 e. The third-order valence-electron chi connectivity index (χ3n) is 7.14. The number of nitrogens with one attached hydrogen (secondary N) is 6. The molecule has 42 heavy (non-hydrogen) atoms. The lowest BCUT2D eigenvalue weighted by molar-refractivity contribution is -0.131. The number of pyridine rings is 1. The molecular weight excluding hydrogens is 539 g/mol. The van der Waals surface area contributed by atoms with Crippen LogP contribution in [0.25, 0.3) is 11.0 Å². The summed E-state index contributed by atoms with van der Waals surface area (Å²) in [5.41, 5.74) is 3.15. The Kier molecular flexibility index (Phi) is 7.09. The van der Waals surface area contributed by atoms with Crippen molar-refractivity contribution in [2.75, 3.05) is 22.5 Å². The van der Waals surface area contributed by atoms with Crippen LogP contribution in [0.1, 0.15) is 29.0 Å². The van der Waals surface area contributed by atoms with Crippen molar-refractivity contribution in [3.05, 3.63) is 96.6 Å². The summed E-state index contributed by atoms with van der Waals surface area (Å²) in [6.45, 7) is 0.445. The second-order valence-electron chi connectivity index (χ2n) is 10.1. The van der Waals surface area contributed by atoms with E-state index in [2.05, 4.69) is 41.2 Å². The molecule has 6 rings (SSSR count). The SMILES string of the molecule is O=C(NCCc1c[nH]cn1)c1cc2c(Nc3ccc(NC(=O)C4(C(=O)Nc5ccc(F)cc5)CC4)cc3)ccnc2[nH]1. The van der Waals surface area contributed by atoms with E-state index in [0.717, 1.165) is 22.5 Å². The van der Waals surface area contributed by atoms with Crippen LogP contribution in [0.5, 0.6) is 0 Å². The van der Waals surface area contributed by atoms with Crippen LogP contribution in [0.3, 0.4) is 0 Å². The third kappa shape index (κ3) is 5.68. The van der Waals surface area contributed by atoms with Crippen LogP contribution in [0.15, 0.2) is 79.4 Å². The maximum atomic E-state index is 13.2. The van der Waals surface area contributed by atoms with Crippen LogP contribution in [0.2, 0.25) is 0 Å². The van der Waals surface area contributed by atoms with Crippen molar-refractivity contribution in [1.82, 2.24) is 25.3 Å². The number of carbonyl (C=O) groups is 3. The lowest BCUT2D eigenvalue weighted by Crippen LogP contribution is -2.35. The molecule has 1 aliphatic rings. The molecule has 1 saturated carbocycles. The van der Waals surface area contributed by atoms with Crippen molar-refractivity contribution >= 4 is 51.5 Å². The Balaban J connectivity index is 1.07. The molecule has 5 aromatic rings. The van der Waals surface area contributed by atoms with E-state index in [9.17, 15) is 18.8 Å². The highest BCUT2D eigenvalue weighted by Gasteiger charge is 2.56. The Morgan fingerprint density at radius 2 is 1.55 bits per heavy atom. The average Bonchev–Trinajstić information content (AvgIpc) is 3.42. The molecule has 3 aromatic heterocycles. The Hall–Kier alpha value is -5.52. The van der Waals surface area contributed by atoms with Crippen LogP contribution < -0.4 is 21.3 Å². The molecule has 2 aromatic carbocycles. The number of rotatable bonds is 10. The number of aromatic amines is 2. The largest absolute Gasteiger partial charge is 0.355 e. The maximum absolute atomic E-state index is 13.2. The van der Waals surface area contributed by atoms with E-state index in [1.54, 1.807) is 49.1 Å². The molecule has 6 N–H and O–H groups in total. The highest BCUT2D eigenvalue weighted by molar-refractivity contribution is 6.17. The molecule has 3 heterocycles. The summed E-state index contributed by atoms with van der Waals surface area (Å²) in [5, 5.41) is 12.5. The van der Waals surface area contributed by atoms with E-state index in [1.165, 1.54) is 24.3 Å². The van der Waals surface area contributed by atoms with Crippen molar-refractivity contribution in [3.63, 3.8) is 0 Å². The number of hydrogen-bond donors (Lipinski definition) is 6. The molecule has 3 amide bonds. The van der Waals surface area contributed by atoms with E-state index in [4.69, 9.17) is 0 Å². The number of carbonyl (C=O) groups excluding carboxylic acids is 3. The fraction of sp³-hybridized carbons (Fsp3) is 0.167. The van der Waals surface area contributed by atoms with E-state index in [1.807, 2.05) is 6.07 Å². The van der Waals surface area contributed by atoms with Gasteiger partial charge in [-0.1, -0.05) is 0 Å². The van der Waals surface area contributed by atoms with Gasteiger partial charge in [0.15, 0.2) is 0 Å². The molecule has 0 aliphatic heterocycles. The van der Waals surface area contributed by atoms with Gasteiger partial charge in [0, 0.05) is 47.8 Å². The van der Waals surface area contributed by atoms with Crippen LogP contribution in [-0.2, 0) is 16.0 Å². The summed E-state index contributed by atoms with van der Waals surface area (Å²) in [7, 11) is 0. The molecule has 12 heteroatoms. The monoisotopic (exact) mass is 566 g/mol. The minimum Gasteiger partial charge on any atom is -0.355 e. The molecule has 0 spiro atoms. The fourth-order valence-electron chi connectivity index (χ4n) is 4.59. The van der Waals surface area contributed by atoms with E-state index in [-0.39, 0.29) is 11.8 Å². The standard InChI is InChI=1S/C30H27FN8O3/c31-18-1-3-20(4-2-18)37-28(41)30(11-12-30)29(42)38-21-7-5-19(6-8-21)36-24-10-14-33-26-23(24)15-25(39-26)27(40)34-13-9-22-16-32-17-35-22/h1-8,10,14-17H,9,11-13H2,(H,32,35)(H,34,40)(H,37,41)(H,38,42)(H2,33,36,39). The Morgan fingerprint density at radius 1 is 0.881 bits per heavy atom. The molecule has 0 radical (unpaired) electrons. The van der Waals surface area contributed by atoms with Crippen LogP contribution in [-0.4, -0.2) is 44.2 Å². The second-order valence-corrected chi connectivity index (χ2v) is 10.1. The number of amides is 3. The van der Waals surface area contributed by atoms with Gasteiger partial charge in [-0.15, -0.1) is 0 Å². The summed E-state index contributed by atoms with van der Waals surface area (Å²) in [6.07, 6.45) is 6.51. The first-order chi connectivity index (χ1) is 20.4. The Labute approximate surface area is 239 Å². The van der Waals surface area contributed by atoms with Gasteiger partial charge in [0.25, 0.3) is 5.91 Å². The lowest BCUT2D eigenvalue weighted by Gasteiger charge is -2.16.